The molecular formula is C23H22O5. The first-order valence-corrected chi connectivity index (χ1v) is 9.01. The Morgan fingerprint density at radius 3 is 2.36 bits per heavy atom. The highest BCUT2D eigenvalue weighted by atomic mass is 16.6. The normalized spacial score (nSPS) is 10.3. The smallest absolute Gasteiger partial charge is 0.330 e. The van der Waals surface area contributed by atoms with Gasteiger partial charge in [0.05, 0.1) is 0 Å². The summed E-state index contributed by atoms with van der Waals surface area (Å²) in [7, 11) is 0. The molecule has 5 heteroatoms. The lowest BCUT2D eigenvalue weighted by molar-refractivity contribution is -0.138. The molecule has 28 heavy (non-hydrogen) atoms. The molecule has 0 aliphatic carbocycles. The highest BCUT2D eigenvalue weighted by Gasteiger charge is 2.05. The molecule has 0 saturated heterocycles. The average Bonchev–Trinajstić information content (AvgIpc) is 2.74. The lowest BCUT2D eigenvalue weighted by Gasteiger charge is -2.12. The molecule has 0 radical (unpaired) electrons. The second-order valence-electron chi connectivity index (χ2n) is 5.87. The number of carbonyl (C=O) groups excluding carboxylic acids is 1. The minimum atomic E-state index is -0.458. The van der Waals surface area contributed by atoms with Crippen LogP contribution in [-0.4, -0.2) is 32.4 Å². The lowest BCUT2D eigenvalue weighted by atomic mass is 10.1. The van der Waals surface area contributed by atoms with E-state index >= 15 is 0 Å². The van der Waals surface area contributed by atoms with Crippen LogP contribution < -0.4 is 14.2 Å². The Balaban J connectivity index is 1.53. The molecule has 0 aliphatic rings. The Kier molecular flexibility index (Phi) is 6.90. The molecule has 0 saturated carbocycles. The summed E-state index contributed by atoms with van der Waals surface area (Å²) < 4.78 is 22.1. The average molecular weight is 378 g/mol. The van der Waals surface area contributed by atoms with E-state index < -0.39 is 5.97 Å². The zero-order valence-corrected chi connectivity index (χ0v) is 15.5. The molecule has 0 heterocycles. The number of rotatable bonds is 10. The molecule has 3 rings (SSSR count). The highest BCUT2D eigenvalue weighted by Crippen LogP contribution is 2.28. The topological polar surface area (TPSA) is 54.0 Å². The molecule has 0 N–H and O–H groups in total. The van der Waals surface area contributed by atoms with Crippen LogP contribution in [0.15, 0.2) is 79.4 Å². The van der Waals surface area contributed by atoms with Gasteiger partial charge in [0.2, 0.25) is 0 Å². The van der Waals surface area contributed by atoms with Crippen molar-refractivity contribution in [3.05, 3.63) is 79.4 Å². The first-order chi connectivity index (χ1) is 13.8. The molecule has 3 aromatic rings. The van der Waals surface area contributed by atoms with Gasteiger partial charge in [0.1, 0.15) is 43.7 Å². The number of benzene rings is 3. The molecule has 0 fully saturated rings. The molecule has 0 unspecified atom stereocenters. The molecule has 0 aliphatic heterocycles. The van der Waals surface area contributed by atoms with Gasteiger partial charge in [-0.1, -0.05) is 36.9 Å². The summed E-state index contributed by atoms with van der Waals surface area (Å²) in [6.45, 7) is 4.71. The van der Waals surface area contributed by atoms with Crippen molar-refractivity contribution in [2.75, 3.05) is 26.4 Å². The van der Waals surface area contributed by atoms with Crippen molar-refractivity contribution in [1.29, 1.82) is 0 Å². The number of fused-ring (bicyclic) bond motifs is 1. The summed E-state index contributed by atoms with van der Waals surface area (Å²) in [4.78, 5) is 11.0. The molecule has 0 bridgehead atoms. The quantitative estimate of drug-likeness (QED) is 0.297. The van der Waals surface area contributed by atoms with Gasteiger partial charge in [-0.15, -0.1) is 0 Å². The van der Waals surface area contributed by atoms with Crippen LogP contribution >= 0.6 is 0 Å². The molecule has 5 nitrogen and oxygen atoms in total. The van der Waals surface area contributed by atoms with Crippen LogP contribution in [0.5, 0.6) is 17.2 Å². The fourth-order valence-electron chi connectivity index (χ4n) is 2.64. The summed E-state index contributed by atoms with van der Waals surface area (Å²) in [5.74, 6) is 1.86. The Morgan fingerprint density at radius 1 is 0.786 bits per heavy atom. The second kappa shape index (κ2) is 10.0. The van der Waals surface area contributed by atoms with Gasteiger partial charge < -0.3 is 18.9 Å². The third-order valence-corrected chi connectivity index (χ3v) is 3.93. The summed E-state index contributed by atoms with van der Waals surface area (Å²) >= 11 is 0. The zero-order valence-electron chi connectivity index (χ0n) is 15.5. The van der Waals surface area contributed by atoms with Gasteiger partial charge in [-0.3, -0.25) is 0 Å². The SMILES string of the molecule is C=CC(=O)OCCOc1ccc2c(OCCOc3ccccc3)cccc2c1. The van der Waals surface area contributed by atoms with Crippen molar-refractivity contribution >= 4 is 16.7 Å². The molecule has 0 aromatic heterocycles. The monoisotopic (exact) mass is 378 g/mol. The number of hydrogen-bond acceptors (Lipinski definition) is 5. The van der Waals surface area contributed by atoms with Crippen molar-refractivity contribution in [2.24, 2.45) is 0 Å². The minimum absolute atomic E-state index is 0.174. The van der Waals surface area contributed by atoms with E-state index in [2.05, 4.69) is 6.58 Å². The molecular weight excluding hydrogens is 356 g/mol. The van der Waals surface area contributed by atoms with Gasteiger partial charge in [0, 0.05) is 11.5 Å². The first kappa shape index (κ1) is 19.3. The van der Waals surface area contributed by atoms with E-state index in [1.54, 1.807) is 0 Å². The molecule has 0 spiro atoms. The molecule has 0 atom stereocenters. The maximum absolute atomic E-state index is 11.0. The Morgan fingerprint density at radius 2 is 1.54 bits per heavy atom. The van der Waals surface area contributed by atoms with Gasteiger partial charge in [0.25, 0.3) is 0 Å². The standard InChI is InChI=1S/C23H22O5/c1-2-23(24)28-16-14-26-20-11-12-21-18(17-20)7-6-10-22(21)27-15-13-25-19-8-4-3-5-9-19/h2-12,17H,1,13-16H2. The van der Waals surface area contributed by atoms with Crippen LogP contribution in [0, 0.1) is 0 Å². The van der Waals surface area contributed by atoms with Crippen LogP contribution in [-0.2, 0) is 9.53 Å². The third kappa shape index (κ3) is 5.51. The van der Waals surface area contributed by atoms with E-state index in [0.717, 1.165) is 28.3 Å². The van der Waals surface area contributed by atoms with Gasteiger partial charge in [0.15, 0.2) is 0 Å². The zero-order chi connectivity index (χ0) is 19.6. The summed E-state index contributed by atoms with van der Waals surface area (Å²) in [5.41, 5.74) is 0. The van der Waals surface area contributed by atoms with E-state index in [4.69, 9.17) is 18.9 Å². The van der Waals surface area contributed by atoms with Crippen molar-refractivity contribution < 1.29 is 23.7 Å². The van der Waals surface area contributed by atoms with Crippen molar-refractivity contribution in [3.8, 4) is 17.2 Å². The predicted octanol–water partition coefficient (Wildman–Crippen LogP) is 4.41. The molecule has 0 amide bonds. The second-order valence-corrected chi connectivity index (χ2v) is 5.87. The van der Waals surface area contributed by atoms with Crippen LogP contribution in [0.4, 0.5) is 0 Å². The lowest BCUT2D eigenvalue weighted by Crippen LogP contribution is -2.10. The summed E-state index contributed by atoms with van der Waals surface area (Å²) in [6.07, 6.45) is 1.13. The largest absolute Gasteiger partial charge is 0.490 e. The van der Waals surface area contributed by atoms with Crippen LogP contribution in [0.1, 0.15) is 0 Å². The molecule has 144 valence electrons. The Hall–Kier alpha value is -3.47. The first-order valence-electron chi connectivity index (χ1n) is 9.01. The Labute approximate surface area is 164 Å². The van der Waals surface area contributed by atoms with E-state index in [1.807, 2.05) is 66.7 Å². The number of esters is 1. The Bertz CT molecular complexity index is 921. The van der Waals surface area contributed by atoms with E-state index in [0.29, 0.717) is 19.0 Å². The molecule has 3 aromatic carbocycles. The predicted molar refractivity (Wildman–Crippen MR) is 108 cm³/mol. The van der Waals surface area contributed by atoms with Gasteiger partial charge in [-0.2, -0.15) is 0 Å². The minimum Gasteiger partial charge on any atom is -0.490 e. The number of hydrogen-bond donors (Lipinski definition) is 0. The maximum Gasteiger partial charge on any atom is 0.330 e. The summed E-state index contributed by atoms with van der Waals surface area (Å²) in [5, 5.41) is 2.00. The fraction of sp³-hybridized carbons (Fsp3) is 0.174. The van der Waals surface area contributed by atoms with Gasteiger partial charge in [-0.25, -0.2) is 4.79 Å². The number of para-hydroxylation sites is 1. The van der Waals surface area contributed by atoms with Crippen molar-refractivity contribution in [2.45, 2.75) is 0 Å². The van der Waals surface area contributed by atoms with Crippen molar-refractivity contribution in [1.82, 2.24) is 0 Å². The number of carbonyl (C=O) groups is 1. The van der Waals surface area contributed by atoms with Crippen LogP contribution in [0.25, 0.3) is 10.8 Å². The maximum atomic E-state index is 11.0. The van der Waals surface area contributed by atoms with E-state index in [-0.39, 0.29) is 13.2 Å². The van der Waals surface area contributed by atoms with E-state index in [9.17, 15) is 4.79 Å². The van der Waals surface area contributed by atoms with Crippen molar-refractivity contribution in [3.63, 3.8) is 0 Å². The summed E-state index contributed by atoms with van der Waals surface area (Å²) in [6, 6.07) is 21.3. The highest BCUT2D eigenvalue weighted by molar-refractivity contribution is 5.89. The van der Waals surface area contributed by atoms with Crippen LogP contribution in [0.2, 0.25) is 0 Å². The third-order valence-electron chi connectivity index (χ3n) is 3.93. The number of ether oxygens (including phenoxy) is 4. The van der Waals surface area contributed by atoms with Crippen LogP contribution in [0.3, 0.4) is 0 Å². The van der Waals surface area contributed by atoms with E-state index in [1.165, 1.54) is 0 Å². The van der Waals surface area contributed by atoms with Gasteiger partial charge >= 0.3 is 5.97 Å². The van der Waals surface area contributed by atoms with Gasteiger partial charge in [-0.05, 0) is 41.8 Å². The fourth-order valence-corrected chi connectivity index (χ4v) is 2.64.